The van der Waals surface area contributed by atoms with Crippen LogP contribution in [0.4, 0.5) is 11.4 Å². The molecule has 0 spiro atoms. The summed E-state index contributed by atoms with van der Waals surface area (Å²) in [5.74, 6) is -0.0889. The Morgan fingerprint density at radius 2 is 1.67 bits per heavy atom. The highest BCUT2D eigenvalue weighted by molar-refractivity contribution is 5.98. The summed E-state index contributed by atoms with van der Waals surface area (Å²) in [4.78, 5) is 23.1. The number of benzene rings is 3. The molecule has 2 heterocycles. The smallest absolute Gasteiger partial charge is 0.280 e. The van der Waals surface area contributed by atoms with Crippen LogP contribution in [0.3, 0.4) is 0 Å². The molecule has 1 saturated heterocycles. The lowest BCUT2D eigenvalue weighted by Gasteiger charge is -2.44. The first-order chi connectivity index (χ1) is 16.1. The van der Waals surface area contributed by atoms with E-state index in [0.29, 0.717) is 17.5 Å². The third-order valence-electron chi connectivity index (χ3n) is 6.34. The van der Waals surface area contributed by atoms with Crippen LogP contribution in [0.25, 0.3) is 0 Å². The Morgan fingerprint density at radius 1 is 0.909 bits per heavy atom. The molecule has 3 aromatic rings. The Kier molecular flexibility index (Phi) is 5.90. The standard InChI is InChI=1S/C26H27N3O4/c30-22-10-6-9-20(17-22)28-15-14-27(19-7-2-1-3-8-19)18-21(28)13-16-33-29-25(31)23-11-4-5-12-24(23)26(29)32/h1-12,17,21,25,30-31H,13-16,18H2. The maximum Gasteiger partial charge on any atom is 0.280 e. The largest absolute Gasteiger partial charge is 0.508 e. The first-order valence-corrected chi connectivity index (χ1v) is 11.2. The van der Waals surface area contributed by atoms with E-state index in [1.807, 2.05) is 30.3 Å². The molecule has 5 rings (SSSR count). The third kappa shape index (κ3) is 4.25. The summed E-state index contributed by atoms with van der Waals surface area (Å²) in [6.45, 7) is 2.70. The number of nitrogens with zero attached hydrogens (tertiary/aromatic N) is 3. The number of fused-ring (bicyclic) bond motifs is 1. The van der Waals surface area contributed by atoms with Gasteiger partial charge in [0.25, 0.3) is 5.91 Å². The van der Waals surface area contributed by atoms with Crippen LogP contribution in [0.5, 0.6) is 5.75 Å². The Bertz CT molecular complexity index is 1120. The number of piperazine rings is 1. The molecule has 7 heteroatoms. The Hall–Kier alpha value is -3.55. The molecule has 0 radical (unpaired) electrons. The molecular formula is C26H27N3O4. The number of phenols is 1. The number of hydrogen-bond acceptors (Lipinski definition) is 6. The van der Waals surface area contributed by atoms with Crippen LogP contribution in [-0.4, -0.2) is 53.5 Å². The van der Waals surface area contributed by atoms with Crippen molar-refractivity contribution < 1.29 is 19.8 Å². The molecule has 2 atom stereocenters. The summed E-state index contributed by atoms with van der Waals surface area (Å²) in [6, 6.07) is 24.7. The number of aromatic hydroxyl groups is 1. The predicted molar refractivity (Wildman–Crippen MR) is 126 cm³/mol. The van der Waals surface area contributed by atoms with E-state index < -0.39 is 6.23 Å². The fourth-order valence-electron chi connectivity index (χ4n) is 4.68. The van der Waals surface area contributed by atoms with Crippen LogP contribution >= 0.6 is 0 Å². The molecule has 1 amide bonds. The van der Waals surface area contributed by atoms with Gasteiger partial charge in [0.05, 0.1) is 6.61 Å². The van der Waals surface area contributed by atoms with Gasteiger partial charge < -0.3 is 20.0 Å². The molecule has 2 aliphatic heterocycles. The second-order valence-electron chi connectivity index (χ2n) is 8.36. The van der Waals surface area contributed by atoms with Gasteiger partial charge in [0.2, 0.25) is 0 Å². The number of carbonyl (C=O) groups is 1. The number of hydroxylamine groups is 2. The molecule has 0 aliphatic carbocycles. The first kappa shape index (κ1) is 21.3. The van der Waals surface area contributed by atoms with Gasteiger partial charge in [0.15, 0.2) is 6.23 Å². The topological polar surface area (TPSA) is 76.5 Å². The zero-order chi connectivity index (χ0) is 22.8. The molecule has 2 N–H and O–H groups in total. The molecule has 0 bridgehead atoms. The predicted octanol–water partition coefficient (Wildman–Crippen LogP) is 3.56. The second kappa shape index (κ2) is 9.13. The molecule has 0 saturated carbocycles. The van der Waals surface area contributed by atoms with Gasteiger partial charge >= 0.3 is 0 Å². The van der Waals surface area contributed by atoms with E-state index in [1.54, 1.807) is 36.4 Å². The van der Waals surface area contributed by atoms with Gasteiger partial charge in [0, 0.05) is 54.2 Å². The summed E-state index contributed by atoms with van der Waals surface area (Å²) in [7, 11) is 0. The highest BCUT2D eigenvalue weighted by Crippen LogP contribution is 2.32. The molecule has 1 fully saturated rings. The number of para-hydroxylation sites is 1. The van der Waals surface area contributed by atoms with E-state index in [0.717, 1.165) is 30.4 Å². The van der Waals surface area contributed by atoms with Crippen LogP contribution in [-0.2, 0) is 4.84 Å². The second-order valence-corrected chi connectivity index (χ2v) is 8.36. The van der Waals surface area contributed by atoms with E-state index in [4.69, 9.17) is 4.84 Å². The molecule has 2 unspecified atom stereocenters. The lowest BCUT2D eigenvalue weighted by molar-refractivity contribution is -0.199. The molecule has 33 heavy (non-hydrogen) atoms. The number of hydrogen-bond donors (Lipinski definition) is 2. The van der Waals surface area contributed by atoms with Gasteiger partial charge in [-0.05, 0) is 36.8 Å². The van der Waals surface area contributed by atoms with E-state index in [2.05, 4.69) is 21.9 Å². The normalized spacial score (nSPS) is 20.3. The van der Waals surface area contributed by atoms with E-state index in [9.17, 15) is 15.0 Å². The van der Waals surface area contributed by atoms with E-state index in [1.165, 1.54) is 5.69 Å². The minimum atomic E-state index is -1.09. The fourth-order valence-corrected chi connectivity index (χ4v) is 4.68. The van der Waals surface area contributed by atoms with Crippen LogP contribution in [0, 0.1) is 0 Å². The van der Waals surface area contributed by atoms with Gasteiger partial charge in [-0.25, -0.2) is 0 Å². The van der Waals surface area contributed by atoms with Gasteiger partial charge in [-0.1, -0.05) is 42.5 Å². The lowest BCUT2D eigenvalue weighted by atomic mass is 10.1. The van der Waals surface area contributed by atoms with Gasteiger partial charge in [0.1, 0.15) is 5.75 Å². The van der Waals surface area contributed by atoms with Crippen molar-refractivity contribution in [1.82, 2.24) is 5.06 Å². The van der Waals surface area contributed by atoms with Crippen molar-refractivity contribution in [1.29, 1.82) is 0 Å². The van der Waals surface area contributed by atoms with Crippen molar-refractivity contribution in [2.45, 2.75) is 18.7 Å². The van der Waals surface area contributed by atoms with Crippen molar-refractivity contribution in [2.75, 3.05) is 36.0 Å². The van der Waals surface area contributed by atoms with Crippen LogP contribution in [0.15, 0.2) is 78.9 Å². The monoisotopic (exact) mass is 445 g/mol. The quantitative estimate of drug-likeness (QED) is 0.604. The van der Waals surface area contributed by atoms with Crippen molar-refractivity contribution in [3.63, 3.8) is 0 Å². The summed E-state index contributed by atoms with van der Waals surface area (Å²) < 4.78 is 0. The molecule has 7 nitrogen and oxygen atoms in total. The SMILES string of the molecule is O=C1c2ccccc2C(O)N1OCCC1CN(c2ccccc2)CCN1c1cccc(O)c1. The summed E-state index contributed by atoms with van der Waals surface area (Å²) in [6.07, 6.45) is -0.450. The number of aliphatic hydroxyl groups excluding tert-OH is 1. The van der Waals surface area contributed by atoms with Crippen molar-refractivity contribution in [2.24, 2.45) is 0 Å². The Labute approximate surface area is 193 Å². The number of phenolic OH excluding ortho intramolecular Hbond substituents is 1. The zero-order valence-electron chi connectivity index (χ0n) is 18.2. The zero-order valence-corrected chi connectivity index (χ0v) is 18.2. The summed E-state index contributed by atoms with van der Waals surface area (Å²) in [5.41, 5.74) is 3.16. The highest BCUT2D eigenvalue weighted by atomic mass is 16.7. The maximum absolute atomic E-state index is 12.6. The van der Waals surface area contributed by atoms with Crippen LogP contribution in [0.2, 0.25) is 0 Å². The maximum atomic E-state index is 12.6. The van der Waals surface area contributed by atoms with Crippen LogP contribution < -0.4 is 9.80 Å². The minimum absolute atomic E-state index is 0.0954. The summed E-state index contributed by atoms with van der Waals surface area (Å²) in [5, 5.41) is 21.6. The summed E-state index contributed by atoms with van der Waals surface area (Å²) >= 11 is 0. The average molecular weight is 446 g/mol. The molecule has 2 aliphatic rings. The van der Waals surface area contributed by atoms with E-state index >= 15 is 0 Å². The van der Waals surface area contributed by atoms with Crippen molar-refractivity contribution >= 4 is 17.3 Å². The molecule has 3 aromatic carbocycles. The molecule has 170 valence electrons. The molecule has 0 aromatic heterocycles. The van der Waals surface area contributed by atoms with Crippen molar-refractivity contribution in [3.05, 3.63) is 90.0 Å². The van der Waals surface area contributed by atoms with Gasteiger partial charge in [-0.3, -0.25) is 9.63 Å². The van der Waals surface area contributed by atoms with Gasteiger partial charge in [-0.2, -0.15) is 5.06 Å². The number of rotatable bonds is 6. The van der Waals surface area contributed by atoms with Crippen molar-refractivity contribution in [3.8, 4) is 5.75 Å². The fraction of sp³-hybridized carbons (Fsp3) is 0.269. The van der Waals surface area contributed by atoms with E-state index in [-0.39, 0.29) is 24.3 Å². The Balaban J connectivity index is 1.30. The number of anilines is 2. The molecular weight excluding hydrogens is 418 g/mol. The minimum Gasteiger partial charge on any atom is -0.508 e. The number of carbonyl (C=O) groups excluding carboxylic acids is 1. The average Bonchev–Trinajstić information content (AvgIpc) is 3.09. The first-order valence-electron chi connectivity index (χ1n) is 11.2. The number of aliphatic hydroxyl groups is 1. The lowest BCUT2D eigenvalue weighted by Crippen LogP contribution is -2.54. The highest BCUT2D eigenvalue weighted by Gasteiger charge is 2.37. The third-order valence-corrected chi connectivity index (χ3v) is 6.34. The number of amides is 1. The van der Waals surface area contributed by atoms with Gasteiger partial charge in [-0.15, -0.1) is 0 Å². The van der Waals surface area contributed by atoms with Crippen LogP contribution in [0.1, 0.15) is 28.6 Å². The Morgan fingerprint density at radius 3 is 2.45 bits per heavy atom.